The van der Waals surface area contributed by atoms with Gasteiger partial charge in [-0.15, -0.1) is 0 Å². The molecule has 0 aliphatic heterocycles. The highest BCUT2D eigenvalue weighted by Gasteiger charge is 2.65. The van der Waals surface area contributed by atoms with Crippen LogP contribution in [0.4, 0.5) is 0 Å². The summed E-state index contributed by atoms with van der Waals surface area (Å²) in [5.41, 5.74) is 6.29. The Morgan fingerprint density at radius 3 is 2.52 bits per heavy atom. The van der Waals surface area contributed by atoms with Crippen LogP contribution in [0.5, 0.6) is 0 Å². The minimum Gasteiger partial charge on any atom is -0.346 e. The van der Waals surface area contributed by atoms with Crippen LogP contribution in [0.1, 0.15) is 138 Å². The number of aromatic nitrogens is 1. The fourth-order valence-electron chi connectivity index (χ4n) is 13.0. The van der Waals surface area contributed by atoms with Crippen LogP contribution in [0.15, 0.2) is 42.6 Å². The summed E-state index contributed by atoms with van der Waals surface area (Å²) in [4.78, 5) is 17.5. The van der Waals surface area contributed by atoms with Gasteiger partial charge in [0, 0.05) is 11.8 Å². The van der Waals surface area contributed by atoms with Crippen LogP contribution in [0.3, 0.4) is 0 Å². The van der Waals surface area contributed by atoms with Gasteiger partial charge < -0.3 is 5.32 Å². The molecule has 0 radical (unpaired) electrons. The number of fused-ring (bicyclic) bond motifs is 7. The number of nitrogens with zero attached hydrogens (tertiary/aromatic N) is 1. The van der Waals surface area contributed by atoms with Crippen molar-refractivity contribution in [2.24, 2.45) is 51.2 Å². The Morgan fingerprint density at radius 1 is 0.841 bits per heavy atom. The van der Waals surface area contributed by atoms with Gasteiger partial charge in [0.15, 0.2) is 0 Å². The molecule has 1 N–H and O–H groups in total. The van der Waals surface area contributed by atoms with E-state index in [1.54, 1.807) is 0 Å². The summed E-state index contributed by atoms with van der Waals surface area (Å²) in [6, 6.07) is 12.5. The molecule has 5 saturated carbocycles. The summed E-state index contributed by atoms with van der Waals surface area (Å²) < 4.78 is 0. The van der Waals surface area contributed by atoms with E-state index in [0.717, 1.165) is 52.8 Å². The van der Waals surface area contributed by atoms with Gasteiger partial charge in [-0.3, -0.25) is 9.78 Å². The first-order valence-corrected chi connectivity index (χ1v) is 18.3. The summed E-state index contributed by atoms with van der Waals surface area (Å²) in [5, 5.41) is 3.08. The maximum atomic E-state index is 13.0. The highest BCUT2D eigenvalue weighted by atomic mass is 16.1. The number of hydrogen-bond donors (Lipinski definition) is 1. The van der Waals surface area contributed by atoms with E-state index in [0.29, 0.717) is 28.2 Å². The molecule has 5 aliphatic rings. The second-order valence-electron chi connectivity index (χ2n) is 17.5. The summed E-state index contributed by atoms with van der Waals surface area (Å²) in [7, 11) is 0. The Balaban J connectivity index is 1.03. The molecule has 7 rings (SSSR count). The van der Waals surface area contributed by atoms with Gasteiger partial charge in [-0.25, -0.2) is 0 Å². The van der Waals surface area contributed by atoms with E-state index >= 15 is 0 Å². The van der Waals surface area contributed by atoms with E-state index in [1.807, 2.05) is 31.3 Å². The van der Waals surface area contributed by atoms with Gasteiger partial charge in [-0.2, -0.15) is 0 Å². The molecule has 1 amide bonds. The Morgan fingerprint density at radius 2 is 1.70 bits per heavy atom. The quantitative estimate of drug-likeness (QED) is 0.362. The molecule has 1 aromatic carbocycles. The molecular formula is C41H58N2O. The molecule has 1 aromatic heterocycles. The number of nitrogens with one attached hydrogen (secondary N) is 1. The second kappa shape index (κ2) is 11.3. The fraction of sp³-hybridized carbons (Fsp3) is 0.707. The topological polar surface area (TPSA) is 42.0 Å². The molecule has 3 nitrogen and oxygen atoms in total. The van der Waals surface area contributed by atoms with E-state index in [1.165, 1.54) is 89.0 Å². The van der Waals surface area contributed by atoms with Crippen molar-refractivity contribution < 1.29 is 4.79 Å². The van der Waals surface area contributed by atoms with Crippen molar-refractivity contribution in [3.63, 3.8) is 0 Å². The zero-order valence-corrected chi connectivity index (χ0v) is 28.4. The maximum Gasteiger partial charge on any atom is 0.251 e. The van der Waals surface area contributed by atoms with Crippen molar-refractivity contribution in [1.29, 1.82) is 0 Å². The van der Waals surface area contributed by atoms with Crippen LogP contribution >= 0.6 is 0 Å². The molecule has 238 valence electrons. The monoisotopic (exact) mass is 594 g/mol. The largest absolute Gasteiger partial charge is 0.346 e. The molecule has 44 heavy (non-hydrogen) atoms. The van der Waals surface area contributed by atoms with E-state index in [-0.39, 0.29) is 5.91 Å². The highest BCUT2D eigenvalue weighted by molar-refractivity contribution is 5.94. The summed E-state index contributed by atoms with van der Waals surface area (Å²) >= 11 is 0. The third kappa shape index (κ3) is 5.07. The first-order chi connectivity index (χ1) is 21.0. The first-order valence-electron chi connectivity index (χ1n) is 18.3. The molecular weight excluding hydrogens is 536 g/mol. The Bertz CT molecular complexity index is 1360. The smallest absolute Gasteiger partial charge is 0.251 e. The van der Waals surface area contributed by atoms with Crippen LogP contribution in [-0.4, -0.2) is 10.9 Å². The number of aryl methyl sites for hydroxylation is 2. The minimum absolute atomic E-state index is 0.00131. The van der Waals surface area contributed by atoms with E-state index in [4.69, 9.17) is 0 Å². The lowest BCUT2D eigenvalue weighted by Gasteiger charge is -2.68. The van der Waals surface area contributed by atoms with Crippen molar-refractivity contribution in [3.8, 4) is 0 Å². The number of rotatable bonds is 6. The highest BCUT2D eigenvalue weighted by Crippen LogP contribution is 2.73. The molecule has 5 aliphatic carbocycles. The molecule has 8 atom stereocenters. The predicted octanol–water partition coefficient (Wildman–Crippen LogP) is 10.1. The lowest BCUT2D eigenvalue weighted by molar-refractivity contribution is -0.195. The van der Waals surface area contributed by atoms with Gasteiger partial charge in [0.25, 0.3) is 5.91 Å². The van der Waals surface area contributed by atoms with Gasteiger partial charge in [0.1, 0.15) is 0 Å². The number of benzene rings is 1. The minimum atomic E-state index is 0.00131. The van der Waals surface area contributed by atoms with Gasteiger partial charge in [0.05, 0.1) is 12.2 Å². The van der Waals surface area contributed by atoms with Crippen molar-refractivity contribution in [1.82, 2.24) is 10.3 Å². The molecule has 0 spiro atoms. The molecule has 8 unspecified atom stereocenters. The first kappa shape index (κ1) is 30.5. The molecule has 3 heteroatoms. The average Bonchev–Trinajstić information content (AvgIpc) is 3.44. The van der Waals surface area contributed by atoms with Gasteiger partial charge in [-0.1, -0.05) is 58.7 Å². The molecule has 1 heterocycles. The Labute approximate surface area is 267 Å². The third-order valence-electron chi connectivity index (χ3n) is 14.9. The number of pyridine rings is 1. The normalized spacial score (nSPS) is 39.0. The van der Waals surface area contributed by atoms with Crippen LogP contribution < -0.4 is 5.32 Å². The van der Waals surface area contributed by atoms with Crippen molar-refractivity contribution >= 4 is 5.91 Å². The van der Waals surface area contributed by atoms with Crippen LogP contribution in [0.2, 0.25) is 0 Å². The number of amides is 1. The van der Waals surface area contributed by atoms with Crippen molar-refractivity contribution in [3.05, 3.63) is 65.0 Å². The van der Waals surface area contributed by atoms with Crippen molar-refractivity contribution in [2.75, 3.05) is 0 Å². The van der Waals surface area contributed by atoms with E-state index in [9.17, 15) is 4.79 Å². The van der Waals surface area contributed by atoms with Gasteiger partial charge >= 0.3 is 0 Å². The second-order valence-corrected chi connectivity index (χ2v) is 17.5. The average molecular weight is 595 g/mol. The van der Waals surface area contributed by atoms with Crippen LogP contribution in [-0.2, 0) is 13.0 Å². The zero-order valence-electron chi connectivity index (χ0n) is 28.4. The SMILES string of the molecule is Cc1ccc(CNC(=O)c2cccc(CCC34CCCC3C3CCC5C(C)(CCC6C(C)(C)CCCC65C)C3CC4)c2)nc1. The Kier molecular flexibility index (Phi) is 7.81. The number of hydrogen-bond acceptors (Lipinski definition) is 2. The molecule has 2 aromatic rings. The third-order valence-corrected chi connectivity index (χ3v) is 14.9. The standard InChI is InChI=1S/C41H58N2O/c1-28-12-13-31(42-26-28)27-43-37(44)30-10-6-9-29(25-30)16-23-41-21-7-11-34(41)32-14-15-36-39(4,33(32)17-24-41)22-18-35-38(2,3)19-8-20-40(35,36)5/h6,9-10,12-13,25-26,32-36H,7-8,11,14-24,27H2,1-5H3,(H,43,44). The molecule has 0 saturated heterocycles. The molecule has 0 bridgehead atoms. The van der Waals surface area contributed by atoms with Gasteiger partial charge in [-0.05, 0) is 165 Å². The zero-order chi connectivity index (χ0) is 30.7. The number of carbonyl (C=O) groups excluding carboxylic acids is 1. The van der Waals surface area contributed by atoms with E-state index < -0.39 is 0 Å². The summed E-state index contributed by atoms with van der Waals surface area (Å²) in [6.45, 7) is 13.2. The summed E-state index contributed by atoms with van der Waals surface area (Å²) in [6.07, 6.45) is 21.8. The summed E-state index contributed by atoms with van der Waals surface area (Å²) in [5.74, 6) is 4.65. The van der Waals surface area contributed by atoms with Crippen LogP contribution in [0.25, 0.3) is 0 Å². The fourth-order valence-corrected chi connectivity index (χ4v) is 13.0. The van der Waals surface area contributed by atoms with Crippen molar-refractivity contribution in [2.45, 2.75) is 131 Å². The predicted molar refractivity (Wildman–Crippen MR) is 180 cm³/mol. The molecule has 5 fully saturated rings. The maximum absolute atomic E-state index is 13.0. The van der Waals surface area contributed by atoms with Crippen LogP contribution in [0, 0.1) is 58.2 Å². The Hall–Kier alpha value is -2.16. The van der Waals surface area contributed by atoms with Gasteiger partial charge in [0.2, 0.25) is 0 Å². The lowest BCUT2D eigenvalue weighted by Crippen LogP contribution is -2.61. The number of carbonyl (C=O) groups is 1. The lowest BCUT2D eigenvalue weighted by atomic mass is 9.36. The van der Waals surface area contributed by atoms with E-state index in [2.05, 4.69) is 56.2 Å².